The average Bonchev–Trinajstić information content (AvgIpc) is 2.66. The van der Waals surface area contributed by atoms with Crippen LogP contribution in [0.25, 0.3) is 0 Å². The monoisotopic (exact) mass is 245 g/mol. The molecule has 1 rings (SSSR count). The molecule has 1 aromatic rings. The van der Waals surface area contributed by atoms with Crippen LogP contribution in [0.5, 0.6) is 0 Å². The third-order valence-corrected chi connectivity index (χ3v) is 3.92. The van der Waals surface area contributed by atoms with Gasteiger partial charge in [0.05, 0.1) is 0 Å². The highest BCUT2D eigenvalue weighted by Gasteiger charge is 2.11. The van der Waals surface area contributed by atoms with Crippen LogP contribution in [0.4, 0.5) is 0 Å². The normalized spacial score (nSPS) is 12.5. The van der Waals surface area contributed by atoms with Crippen molar-refractivity contribution in [3.63, 3.8) is 0 Å². The molecule has 0 unspecified atom stereocenters. The molecule has 0 aliphatic carbocycles. The molecule has 6 heteroatoms. The summed E-state index contributed by atoms with van der Waals surface area (Å²) in [5.74, 6) is 0.801. The lowest BCUT2D eigenvalue weighted by Gasteiger charge is -2.14. The number of hydrogen-bond donors (Lipinski definition) is 1. The van der Waals surface area contributed by atoms with Crippen molar-refractivity contribution in [3.8, 4) is 0 Å². The predicted octanol–water partition coefficient (Wildman–Crippen LogP) is 1.04. The van der Waals surface area contributed by atoms with Gasteiger partial charge in [0.15, 0.2) is 0 Å². The predicted molar refractivity (Wildman–Crippen MR) is 64.1 cm³/mol. The molecule has 2 N–H and O–H groups in total. The van der Waals surface area contributed by atoms with Gasteiger partial charge in [0.2, 0.25) is 5.91 Å². The van der Waals surface area contributed by atoms with Crippen molar-refractivity contribution < 1.29 is 4.79 Å². The molecule has 0 aromatic carbocycles. The lowest BCUT2D eigenvalue weighted by atomic mass is 10.2. The van der Waals surface area contributed by atoms with Crippen LogP contribution in [0.1, 0.15) is 6.42 Å². The van der Waals surface area contributed by atoms with Crippen molar-refractivity contribution in [1.82, 2.24) is 9.88 Å². The minimum atomic E-state index is -0.103. The molecule has 0 aliphatic rings. The largest absolute Gasteiger partial charge is 0.349 e. The van der Waals surface area contributed by atoms with Crippen LogP contribution in [0.15, 0.2) is 15.9 Å². The summed E-state index contributed by atoms with van der Waals surface area (Å²) in [5.41, 5.74) is 5.84. The number of aromatic nitrogens is 1. The molecule has 0 saturated carbocycles. The van der Waals surface area contributed by atoms with Gasteiger partial charge in [0.25, 0.3) is 0 Å². The van der Waals surface area contributed by atoms with Gasteiger partial charge in [-0.2, -0.15) is 0 Å². The summed E-state index contributed by atoms with van der Waals surface area (Å²) < 4.78 is 1.00. The zero-order valence-electron chi connectivity index (χ0n) is 8.84. The third-order valence-electron chi connectivity index (χ3n) is 1.77. The Kier molecular flexibility index (Phi) is 5.07. The van der Waals surface area contributed by atoms with E-state index >= 15 is 0 Å². The van der Waals surface area contributed by atoms with Crippen LogP contribution in [0.2, 0.25) is 0 Å². The van der Waals surface area contributed by atoms with Crippen molar-refractivity contribution >= 4 is 29.0 Å². The van der Waals surface area contributed by atoms with Gasteiger partial charge in [0.1, 0.15) is 4.34 Å². The fourth-order valence-corrected chi connectivity index (χ4v) is 2.54. The van der Waals surface area contributed by atoms with Gasteiger partial charge in [-0.3, -0.25) is 4.79 Å². The molecule has 0 radical (unpaired) electrons. The number of thioether (sulfide) groups is 1. The Balaban J connectivity index is 2.24. The molecule has 0 bridgehead atoms. The van der Waals surface area contributed by atoms with E-state index in [1.807, 2.05) is 5.38 Å². The number of nitrogens with two attached hydrogens (primary N) is 1. The Morgan fingerprint density at radius 1 is 1.73 bits per heavy atom. The van der Waals surface area contributed by atoms with E-state index in [-0.39, 0.29) is 11.9 Å². The molecule has 0 spiro atoms. The van der Waals surface area contributed by atoms with E-state index < -0.39 is 0 Å². The van der Waals surface area contributed by atoms with Gasteiger partial charge < -0.3 is 10.6 Å². The molecule has 1 heterocycles. The highest BCUT2D eigenvalue weighted by molar-refractivity contribution is 8.01. The Hall–Kier alpha value is -0.590. The maximum Gasteiger partial charge on any atom is 0.223 e. The highest BCUT2D eigenvalue weighted by Crippen LogP contribution is 2.20. The molecular weight excluding hydrogens is 230 g/mol. The van der Waals surface area contributed by atoms with Crippen molar-refractivity contribution in [2.75, 3.05) is 19.8 Å². The number of rotatable bonds is 5. The van der Waals surface area contributed by atoms with Gasteiger partial charge >= 0.3 is 0 Å². The van der Waals surface area contributed by atoms with Gasteiger partial charge in [-0.15, -0.1) is 11.3 Å². The summed E-state index contributed by atoms with van der Waals surface area (Å²) in [6, 6.07) is -0.103. The van der Waals surface area contributed by atoms with Crippen LogP contribution >= 0.6 is 23.1 Å². The lowest BCUT2D eigenvalue weighted by Crippen LogP contribution is -2.32. The summed E-state index contributed by atoms with van der Waals surface area (Å²) in [4.78, 5) is 17.0. The lowest BCUT2D eigenvalue weighted by molar-refractivity contribution is -0.128. The minimum Gasteiger partial charge on any atom is -0.349 e. The standard InChI is InChI=1S/C9H15N3OS2/c1-12(2)8(13)5-7(10)6-15-9-11-3-4-14-9/h3-4,7H,5-6,10H2,1-2H3/t7-/m1/s1. The Bertz CT molecular complexity index is 300. The number of carbonyl (C=O) groups excluding carboxylic acids is 1. The van der Waals surface area contributed by atoms with E-state index in [1.165, 1.54) is 0 Å². The maximum absolute atomic E-state index is 11.3. The van der Waals surface area contributed by atoms with E-state index in [0.717, 1.165) is 10.1 Å². The number of hydrogen-bond acceptors (Lipinski definition) is 5. The third kappa shape index (κ3) is 4.63. The van der Waals surface area contributed by atoms with Crippen LogP contribution in [0, 0.1) is 0 Å². The molecule has 0 aliphatic heterocycles. The first-order valence-electron chi connectivity index (χ1n) is 4.57. The molecule has 4 nitrogen and oxygen atoms in total. The van der Waals surface area contributed by atoms with Crippen molar-refractivity contribution in [2.24, 2.45) is 5.73 Å². The molecular formula is C9H15N3OS2. The van der Waals surface area contributed by atoms with E-state index in [0.29, 0.717) is 6.42 Å². The number of nitrogens with zero attached hydrogens (tertiary/aromatic N) is 2. The molecule has 0 fully saturated rings. The number of thiazole rings is 1. The first-order valence-corrected chi connectivity index (χ1v) is 6.44. The zero-order valence-corrected chi connectivity index (χ0v) is 10.5. The zero-order chi connectivity index (χ0) is 11.3. The molecule has 0 saturated heterocycles. The Morgan fingerprint density at radius 3 is 3.00 bits per heavy atom. The highest BCUT2D eigenvalue weighted by atomic mass is 32.2. The first kappa shape index (κ1) is 12.5. The summed E-state index contributed by atoms with van der Waals surface area (Å²) in [6.07, 6.45) is 2.16. The topological polar surface area (TPSA) is 59.2 Å². The van der Waals surface area contributed by atoms with Crippen LogP contribution in [0.3, 0.4) is 0 Å². The maximum atomic E-state index is 11.3. The summed E-state index contributed by atoms with van der Waals surface area (Å²) in [5, 5.41) is 1.93. The fraction of sp³-hybridized carbons (Fsp3) is 0.556. The number of amides is 1. The second-order valence-corrected chi connectivity index (χ2v) is 5.52. The molecule has 1 atom stereocenters. The van der Waals surface area contributed by atoms with E-state index in [2.05, 4.69) is 4.98 Å². The first-order chi connectivity index (χ1) is 7.09. The molecule has 84 valence electrons. The SMILES string of the molecule is CN(C)C(=O)C[C@@H](N)CSc1nccs1. The summed E-state index contributed by atoms with van der Waals surface area (Å²) >= 11 is 3.19. The van der Waals surface area contributed by atoms with E-state index in [9.17, 15) is 4.79 Å². The number of carbonyl (C=O) groups is 1. The summed E-state index contributed by atoms with van der Waals surface area (Å²) in [6.45, 7) is 0. The van der Waals surface area contributed by atoms with Crippen LogP contribution in [-0.2, 0) is 4.79 Å². The quantitative estimate of drug-likeness (QED) is 0.788. The van der Waals surface area contributed by atoms with Gasteiger partial charge in [-0.05, 0) is 0 Å². The van der Waals surface area contributed by atoms with Crippen LogP contribution < -0.4 is 5.73 Å². The van der Waals surface area contributed by atoms with Crippen LogP contribution in [-0.4, -0.2) is 41.7 Å². The van der Waals surface area contributed by atoms with Crippen molar-refractivity contribution in [2.45, 2.75) is 16.8 Å². The fourth-order valence-electron chi connectivity index (χ4n) is 0.926. The van der Waals surface area contributed by atoms with Crippen molar-refractivity contribution in [3.05, 3.63) is 11.6 Å². The average molecular weight is 245 g/mol. The second-order valence-electron chi connectivity index (χ2n) is 3.36. The van der Waals surface area contributed by atoms with Gasteiger partial charge in [0, 0.05) is 43.9 Å². The molecule has 15 heavy (non-hydrogen) atoms. The smallest absolute Gasteiger partial charge is 0.223 e. The van der Waals surface area contributed by atoms with Gasteiger partial charge in [-0.25, -0.2) is 4.98 Å². The van der Waals surface area contributed by atoms with Crippen molar-refractivity contribution in [1.29, 1.82) is 0 Å². The Morgan fingerprint density at radius 2 is 2.47 bits per heavy atom. The summed E-state index contributed by atoms with van der Waals surface area (Å²) in [7, 11) is 3.48. The molecule has 1 aromatic heterocycles. The van der Waals surface area contributed by atoms with Gasteiger partial charge in [-0.1, -0.05) is 11.8 Å². The minimum absolute atomic E-state index is 0.0715. The van der Waals surface area contributed by atoms with E-state index in [1.54, 1.807) is 48.3 Å². The van der Waals surface area contributed by atoms with E-state index in [4.69, 9.17) is 5.73 Å². The Labute approximate surface area is 97.9 Å². The second kappa shape index (κ2) is 6.09. The molecule has 1 amide bonds.